The van der Waals surface area contributed by atoms with Gasteiger partial charge in [0.2, 0.25) is 0 Å². The first-order chi connectivity index (χ1) is 8.58. The Morgan fingerprint density at radius 1 is 1.56 bits per heavy atom. The van der Waals surface area contributed by atoms with Gasteiger partial charge in [0.05, 0.1) is 17.8 Å². The van der Waals surface area contributed by atoms with E-state index in [-0.39, 0.29) is 11.9 Å². The number of H-pyrrole nitrogens is 1. The monoisotopic (exact) mass is 264 g/mol. The molecule has 0 saturated carbocycles. The molecule has 6 heteroatoms. The van der Waals surface area contributed by atoms with Crippen LogP contribution >= 0.6 is 11.6 Å². The Bertz CT molecular complexity index is 553. The lowest BCUT2D eigenvalue weighted by molar-refractivity contribution is 0.0941. The van der Waals surface area contributed by atoms with Crippen LogP contribution in [0.15, 0.2) is 30.6 Å². The predicted molar refractivity (Wildman–Crippen MR) is 70.3 cm³/mol. The van der Waals surface area contributed by atoms with Gasteiger partial charge in [-0.05, 0) is 25.1 Å². The number of aromatic nitrogens is 2. The highest BCUT2D eigenvalue weighted by Gasteiger charge is 2.14. The quantitative estimate of drug-likeness (QED) is 0.743. The normalized spacial score (nSPS) is 12.1. The lowest BCUT2D eigenvalue weighted by Crippen LogP contribution is -2.27. The van der Waals surface area contributed by atoms with Gasteiger partial charge >= 0.3 is 0 Å². The summed E-state index contributed by atoms with van der Waals surface area (Å²) in [6, 6.07) is 4.65. The molecule has 0 bridgehead atoms. The topological polar surface area (TPSA) is 83.8 Å². The van der Waals surface area contributed by atoms with Gasteiger partial charge in [-0.25, -0.2) is 0 Å². The number of hydrogen-bond acceptors (Lipinski definition) is 3. The van der Waals surface area contributed by atoms with Crippen LogP contribution in [0.4, 0.5) is 5.69 Å². The number of anilines is 1. The molecule has 4 N–H and O–H groups in total. The first-order valence-corrected chi connectivity index (χ1v) is 5.80. The standard InChI is InChI=1S/C12H13ClN4O/c1-7(8-5-15-16-6-8)17-12(18)10-4-9(13)2-3-11(10)14/h2-7H,14H2,1H3,(H,15,16)(H,17,18). The number of halogens is 1. The van der Waals surface area contributed by atoms with Gasteiger partial charge < -0.3 is 11.1 Å². The van der Waals surface area contributed by atoms with E-state index in [1.54, 1.807) is 30.6 Å². The number of carbonyl (C=O) groups is 1. The number of benzene rings is 1. The van der Waals surface area contributed by atoms with E-state index in [9.17, 15) is 4.79 Å². The molecule has 1 amide bonds. The van der Waals surface area contributed by atoms with Crippen molar-refractivity contribution in [2.24, 2.45) is 0 Å². The van der Waals surface area contributed by atoms with Crippen LogP contribution in [-0.4, -0.2) is 16.1 Å². The van der Waals surface area contributed by atoms with E-state index in [1.165, 1.54) is 0 Å². The molecule has 0 spiro atoms. The van der Waals surface area contributed by atoms with Gasteiger partial charge in [0, 0.05) is 22.5 Å². The Balaban J connectivity index is 2.15. The second kappa shape index (κ2) is 5.10. The first kappa shape index (κ1) is 12.4. The molecular formula is C12H13ClN4O. The van der Waals surface area contributed by atoms with Crippen molar-refractivity contribution in [2.45, 2.75) is 13.0 Å². The van der Waals surface area contributed by atoms with Gasteiger partial charge in [-0.2, -0.15) is 5.10 Å². The molecule has 1 unspecified atom stereocenters. The molecule has 1 aromatic carbocycles. The summed E-state index contributed by atoms with van der Waals surface area (Å²) in [6.07, 6.45) is 3.39. The molecular weight excluding hydrogens is 252 g/mol. The number of nitrogen functional groups attached to an aromatic ring is 1. The van der Waals surface area contributed by atoms with Gasteiger partial charge in [0.1, 0.15) is 0 Å². The molecule has 0 radical (unpaired) electrons. The van der Waals surface area contributed by atoms with Crippen molar-refractivity contribution in [1.82, 2.24) is 15.5 Å². The fourth-order valence-corrected chi connectivity index (χ4v) is 1.75. The maximum absolute atomic E-state index is 12.0. The molecule has 5 nitrogen and oxygen atoms in total. The van der Waals surface area contributed by atoms with Crippen LogP contribution in [0.1, 0.15) is 28.9 Å². The van der Waals surface area contributed by atoms with Crippen molar-refractivity contribution in [3.8, 4) is 0 Å². The summed E-state index contributed by atoms with van der Waals surface area (Å²) in [5, 5.41) is 9.84. The van der Waals surface area contributed by atoms with E-state index in [4.69, 9.17) is 17.3 Å². The van der Waals surface area contributed by atoms with Crippen LogP contribution in [0.3, 0.4) is 0 Å². The summed E-state index contributed by atoms with van der Waals surface area (Å²) in [7, 11) is 0. The summed E-state index contributed by atoms with van der Waals surface area (Å²) >= 11 is 5.85. The minimum absolute atomic E-state index is 0.158. The molecule has 94 valence electrons. The number of nitrogens with one attached hydrogen (secondary N) is 2. The van der Waals surface area contributed by atoms with Crippen molar-refractivity contribution in [3.05, 3.63) is 46.7 Å². The van der Waals surface area contributed by atoms with E-state index in [0.717, 1.165) is 5.56 Å². The van der Waals surface area contributed by atoms with Crippen molar-refractivity contribution >= 4 is 23.2 Å². The Morgan fingerprint density at radius 3 is 3.00 bits per heavy atom. The molecule has 0 aliphatic carbocycles. The van der Waals surface area contributed by atoms with Gasteiger partial charge in [0.25, 0.3) is 5.91 Å². The third-order valence-corrected chi connectivity index (χ3v) is 2.86. The lowest BCUT2D eigenvalue weighted by Gasteiger charge is -2.13. The number of aromatic amines is 1. The van der Waals surface area contributed by atoms with Gasteiger partial charge in [-0.3, -0.25) is 9.89 Å². The Morgan fingerprint density at radius 2 is 2.33 bits per heavy atom. The third kappa shape index (κ3) is 2.62. The average Bonchev–Trinajstić information content (AvgIpc) is 2.85. The Kier molecular flexibility index (Phi) is 3.53. The highest BCUT2D eigenvalue weighted by Crippen LogP contribution is 2.19. The fourth-order valence-electron chi connectivity index (χ4n) is 1.58. The largest absolute Gasteiger partial charge is 0.398 e. The van der Waals surface area contributed by atoms with E-state index >= 15 is 0 Å². The first-order valence-electron chi connectivity index (χ1n) is 5.42. The SMILES string of the molecule is CC(NC(=O)c1cc(Cl)ccc1N)c1cn[nH]c1. The summed E-state index contributed by atoms with van der Waals surface area (Å²) in [5.74, 6) is -0.260. The fraction of sp³-hybridized carbons (Fsp3) is 0.167. The zero-order valence-electron chi connectivity index (χ0n) is 9.77. The number of nitrogens with two attached hydrogens (primary N) is 1. The van der Waals surface area contributed by atoms with Crippen molar-refractivity contribution in [3.63, 3.8) is 0 Å². The number of carbonyl (C=O) groups excluding carboxylic acids is 1. The average molecular weight is 265 g/mol. The molecule has 1 aromatic heterocycles. The number of nitrogens with zero attached hydrogens (tertiary/aromatic N) is 1. The van der Waals surface area contributed by atoms with Crippen LogP contribution in [0.25, 0.3) is 0 Å². The Hall–Kier alpha value is -2.01. The highest BCUT2D eigenvalue weighted by molar-refractivity contribution is 6.31. The summed E-state index contributed by atoms with van der Waals surface area (Å²) < 4.78 is 0. The van der Waals surface area contributed by atoms with Crippen LogP contribution in [0.2, 0.25) is 5.02 Å². The van der Waals surface area contributed by atoms with E-state index in [2.05, 4.69) is 15.5 Å². The molecule has 2 rings (SSSR count). The summed E-state index contributed by atoms with van der Waals surface area (Å²) in [5.41, 5.74) is 7.41. The van der Waals surface area contributed by atoms with E-state index in [1.807, 2.05) is 6.92 Å². The van der Waals surface area contributed by atoms with Crippen molar-refractivity contribution in [1.29, 1.82) is 0 Å². The number of hydrogen-bond donors (Lipinski definition) is 3. The maximum atomic E-state index is 12.0. The Labute approximate surface area is 109 Å². The summed E-state index contributed by atoms with van der Waals surface area (Å²) in [4.78, 5) is 12.0. The van der Waals surface area contributed by atoms with Gasteiger partial charge in [0.15, 0.2) is 0 Å². The van der Waals surface area contributed by atoms with E-state index in [0.29, 0.717) is 16.3 Å². The van der Waals surface area contributed by atoms with Crippen molar-refractivity contribution < 1.29 is 4.79 Å². The molecule has 2 aromatic rings. The molecule has 18 heavy (non-hydrogen) atoms. The second-order valence-electron chi connectivity index (χ2n) is 3.96. The molecule has 0 fully saturated rings. The summed E-state index contributed by atoms with van der Waals surface area (Å²) in [6.45, 7) is 1.86. The molecule has 0 aliphatic rings. The lowest BCUT2D eigenvalue weighted by atomic mass is 10.1. The highest BCUT2D eigenvalue weighted by atomic mass is 35.5. The third-order valence-electron chi connectivity index (χ3n) is 2.63. The van der Waals surface area contributed by atoms with Crippen LogP contribution in [0, 0.1) is 0 Å². The predicted octanol–water partition coefficient (Wildman–Crippen LogP) is 2.14. The smallest absolute Gasteiger partial charge is 0.253 e. The molecule has 0 saturated heterocycles. The molecule has 1 atom stereocenters. The van der Waals surface area contributed by atoms with Crippen LogP contribution in [-0.2, 0) is 0 Å². The second-order valence-corrected chi connectivity index (χ2v) is 4.39. The minimum Gasteiger partial charge on any atom is -0.398 e. The van der Waals surface area contributed by atoms with Gasteiger partial charge in [-0.15, -0.1) is 0 Å². The number of rotatable bonds is 3. The number of amides is 1. The van der Waals surface area contributed by atoms with Gasteiger partial charge in [-0.1, -0.05) is 11.6 Å². The zero-order valence-corrected chi connectivity index (χ0v) is 10.5. The zero-order chi connectivity index (χ0) is 13.1. The van der Waals surface area contributed by atoms with E-state index < -0.39 is 0 Å². The molecule has 0 aliphatic heterocycles. The molecule has 1 heterocycles. The van der Waals surface area contributed by atoms with Crippen LogP contribution < -0.4 is 11.1 Å². The van der Waals surface area contributed by atoms with Crippen molar-refractivity contribution in [2.75, 3.05) is 5.73 Å². The van der Waals surface area contributed by atoms with Crippen LogP contribution in [0.5, 0.6) is 0 Å². The maximum Gasteiger partial charge on any atom is 0.253 e. The minimum atomic E-state index is -0.260.